The number of hydrogen-bond donors (Lipinski definition) is 2. The fourth-order valence-corrected chi connectivity index (χ4v) is 0.486. The minimum absolute atomic E-state index is 0.393. The van der Waals surface area contributed by atoms with Crippen molar-refractivity contribution in [3.8, 4) is 23.7 Å². The van der Waals surface area contributed by atoms with Crippen LogP contribution in [-0.2, 0) is 0 Å². The van der Waals surface area contributed by atoms with Crippen LogP contribution in [0.3, 0.4) is 0 Å². The SMILES string of the molecule is CC(O)CC#CC#CCC(C)O. The molecule has 0 saturated carbocycles. The molecular formula is C10H14O2. The minimum Gasteiger partial charge on any atom is -0.392 e. The first-order valence-electron chi connectivity index (χ1n) is 3.94. The molecule has 2 heteroatoms. The second-order valence-electron chi connectivity index (χ2n) is 2.71. The van der Waals surface area contributed by atoms with Gasteiger partial charge < -0.3 is 10.2 Å². The van der Waals surface area contributed by atoms with Crippen molar-refractivity contribution in [1.82, 2.24) is 0 Å². The van der Waals surface area contributed by atoms with E-state index < -0.39 is 12.2 Å². The maximum Gasteiger partial charge on any atom is 0.0621 e. The number of aliphatic hydroxyl groups is 2. The molecule has 0 fully saturated rings. The van der Waals surface area contributed by atoms with Crippen LogP contribution < -0.4 is 0 Å². The van der Waals surface area contributed by atoms with Crippen molar-refractivity contribution in [3.63, 3.8) is 0 Å². The maximum absolute atomic E-state index is 8.81. The quantitative estimate of drug-likeness (QED) is 0.588. The van der Waals surface area contributed by atoms with Gasteiger partial charge in [-0.3, -0.25) is 0 Å². The van der Waals surface area contributed by atoms with Gasteiger partial charge in [0.05, 0.1) is 12.2 Å². The molecule has 0 spiro atoms. The summed E-state index contributed by atoms with van der Waals surface area (Å²) in [7, 11) is 0. The Kier molecular flexibility index (Phi) is 6.19. The van der Waals surface area contributed by atoms with Gasteiger partial charge >= 0.3 is 0 Å². The molecule has 0 aliphatic rings. The predicted molar refractivity (Wildman–Crippen MR) is 48.1 cm³/mol. The summed E-state index contributed by atoms with van der Waals surface area (Å²) in [6, 6.07) is 0. The Bertz CT molecular complexity index is 194. The Labute approximate surface area is 73.6 Å². The lowest BCUT2D eigenvalue weighted by atomic mass is 10.3. The van der Waals surface area contributed by atoms with Gasteiger partial charge in [0.2, 0.25) is 0 Å². The molecule has 2 N–H and O–H groups in total. The molecular weight excluding hydrogens is 152 g/mol. The second-order valence-corrected chi connectivity index (χ2v) is 2.71. The van der Waals surface area contributed by atoms with Gasteiger partial charge in [0.25, 0.3) is 0 Å². The lowest BCUT2D eigenvalue weighted by Crippen LogP contribution is -1.96. The van der Waals surface area contributed by atoms with Crippen LogP contribution in [-0.4, -0.2) is 22.4 Å². The van der Waals surface area contributed by atoms with Crippen molar-refractivity contribution in [1.29, 1.82) is 0 Å². The van der Waals surface area contributed by atoms with Gasteiger partial charge in [-0.2, -0.15) is 0 Å². The topological polar surface area (TPSA) is 40.5 Å². The highest BCUT2D eigenvalue weighted by Gasteiger charge is 1.87. The largest absolute Gasteiger partial charge is 0.392 e. The van der Waals surface area contributed by atoms with Crippen LogP contribution in [0.25, 0.3) is 0 Å². The summed E-state index contributed by atoms with van der Waals surface area (Å²) in [5, 5.41) is 17.6. The smallest absolute Gasteiger partial charge is 0.0621 e. The number of hydrogen-bond acceptors (Lipinski definition) is 2. The van der Waals surface area contributed by atoms with Gasteiger partial charge in [-0.25, -0.2) is 0 Å². The Morgan fingerprint density at radius 2 is 1.25 bits per heavy atom. The molecule has 0 amide bonds. The lowest BCUT2D eigenvalue weighted by Gasteiger charge is -1.92. The molecule has 66 valence electrons. The van der Waals surface area contributed by atoms with Crippen molar-refractivity contribution in [2.75, 3.05) is 0 Å². The van der Waals surface area contributed by atoms with Crippen LogP contribution >= 0.6 is 0 Å². The second kappa shape index (κ2) is 6.73. The van der Waals surface area contributed by atoms with Crippen LogP contribution in [0.5, 0.6) is 0 Å². The molecule has 0 aliphatic heterocycles. The molecule has 2 unspecified atom stereocenters. The molecule has 12 heavy (non-hydrogen) atoms. The van der Waals surface area contributed by atoms with E-state index in [1.807, 2.05) is 0 Å². The third kappa shape index (κ3) is 9.04. The first kappa shape index (κ1) is 11.0. The van der Waals surface area contributed by atoms with Crippen LogP contribution in [0.2, 0.25) is 0 Å². The van der Waals surface area contributed by atoms with E-state index in [4.69, 9.17) is 10.2 Å². The van der Waals surface area contributed by atoms with Crippen molar-refractivity contribution >= 4 is 0 Å². The van der Waals surface area contributed by atoms with Gasteiger partial charge in [0.15, 0.2) is 0 Å². The van der Waals surface area contributed by atoms with Gasteiger partial charge in [0, 0.05) is 12.8 Å². The third-order valence-corrected chi connectivity index (χ3v) is 1.03. The highest BCUT2D eigenvalue weighted by Crippen LogP contribution is 1.85. The van der Waals surface area contributed by atoms with Crippen molar-refractivity contribution in [2.45, 2.75) is 38.9 Å². The zero-order valence-corrected chi connectivity index (χ0v) is 7.46. The van der Waals surface area contributed by atoms with Gasteiger partial charge in [-0.1, -0.05) is 11.8 Å². The Morgan fingerprint density at radius 1 is 0.917 bits per heavy atom. The standard InChI is InChI=1S/C10H14O2/c1-9(11)7-5-3-4-6-8-10(2)12/h9-12H,7-8H2,1-2H3. The van der Waals surface area contributed by atoms with Gasteiger partial charge in [-0.05, 0) is 25.7 Å². The summed E-state index contributed by atoms with van der Waals surface area (Å²) in [5.74, 6) is 10.6. The summed E-state index contributed by atoms with van der Waals surface area (Å²) in [5.41, 5.74) is 0. The van der Waals surface area contributed by atoms with Gasteiger partial charge in [-0.15, -0.1) is 0 Å². The number of rotatable bonds is 2. The Morgan fingerprint density at radius 3 is 1.50 bits per heavy atom. The Balaban J connectivity index is 3.59. The summed E-state index contributed by atoms with van der Waals surface area (Å²) >= 11 is 0. The molecule has 0 aromatic heterocycles. The zero-order valence-electron chi connectivity index (χ0n) is 7.46. The summed E-state index contributed by atoms with van der Waals surface area (Å²) in [6.07, 6.45) is 0.110. The minimum atomic E-state index is -0.393. The normalized spacial score (nSPS) is 13.3. The molecule has 0 rings (SSSR count). The maximum atomic E-state index is 8.81. The van der Waals surface area contributed by atoms with E-state index in [1.54, 1.807) is 13.8 Å². The molecule has 2 atom stereocenters. The lowest BCUT2D eigenvalue weighted by molar-refractivity contribution is 0.200. The zero-order chi connectivity index (χ0) is 9.40. The fraction of sp³-hybridized carbons (Fsp3) is 0.600. The Hall–Kier alpha value is -0.960. The van der Waals surface area contributed by atoms with Gasteiger partial charge in [0.1, 0.15) is 0 Å². The molecule has 0 aliphatic carbocycles. The first-order valence-corrected chi connectivity index (χ1v) is 3.94. The van der Waals surface area contributed by atoms with E-state index >= 15 is 0 Å². The average molecular weight is 166 g/mol. The average Bonchev–Trinajstić information content (AvgIpc) is 1.95. The molecule has 0 bridgehead atoms. The highest BCUT2D eigenvalue weighted by atomic mass is 16.3. The van der Waals surface area contributed by atoms with Crippen LogP contribution in [0, 0.1) is 23.7 Å². The summed E-state index contributed by atoms with van der Waals surface area (Å²) < 4.78 is 0. The first-order chi connectivity index (χ1) is 5.63. The molecule has 0 radical (unpaired) electrons. The fourth-order valence-electron chi connectivity index (χ4n) is 0.486. The third-order valence-electron chi connectivity index (χ3n) is 1.03. The van der Waals surface area contributed by atoms with E-state index in [1.165, 1.54) is 0 Å². The van der Waals surface area contributed by atoms with E-state index in [2.05, 4.69) is 23.7 Å². The van der Waals surface area contributed by atoms with Crippen molar-refractivity contribution in [2.24, 2.45) is 0 Å². The van der Waals surface area contributed by atoms with Crippen LogP contribution in [0.1, 0.15) is 26.7 Å². The monoisotopic (exact) mass is 166 g/mol. The van der Waals surface area contributed by atoms with Crippen LogP contribution in [0.4, 0.5) is 0 Å². The number of aliphatic hydroxyl groups excluding tert-OH is 2. The summed E-state index contributed by atoms with van der Waals surface area (Å²) in [4.78, 5) is 0. The van der Waals surface area contributed by atoms with E-state index in [0.29, 0.717) is 12.8 Å². The summed E-state index contributed by atoms with van der Waals surface area (Å²) in [6.45, 7) is 3.36. The van der Waals surface area contributed by atoms with Crippen LogP contribution in [0.15, 0.2) is 0 Å². The predicted octanol–water partition coefficient (Wildman–Crippen LogP) is 0.535. The highest BCUT2D eigenvalue weighted by molar-refractivity contribution is 5.26. The van der Waals surface area contributed by atoms with Crippen molar-refractivity contribution in [3.05, 3.63) is 0 Å². The molecule has 0 heterocycles. The molecule has 0 saturated heterocycles. The molecule has 0 aromatic carbocycles. The van der Waals surface area contributed by atoms with Crippen molar-refractivity contribution < 1.29 is 10.2 Å². The van der Waals surface area contributed by atoms with E-state index in [-0.39, 0.29) is 0 Å². The van der Waals surface area contributed by atoms with E-state index in [9.17, 15) is 0 Å². The molecule has 0 aromatic rings. The molecule has 2 nitrogen and oxygen atoms in total. The van der Waals surface area contributed by atoms with E-state index in [0.717, 1.165) is 0 Å².